The number of para-hydroxylation sites is 1. The zero-order valence-electron chi connectivity index (χ0n) is 16.8. The number of aryl methyl sites for hydroxylation is 1. The maximum absolute atomic E-state index is 12.5. The van der Waals surface area contributed by atoms with E-state index in [-0.39, 0.29) is 0 Å². The summed E-state index contributed by atoms with van der Waals surface area (Å²) < 4.78 is 11.5. The molecule has 0 aliphatic rings. The number of benzene rings is 2. The number of rotatable bonds is 6. The van der Waals surface area contributed by atoms with Gasteiger partial charge in [-0.05, 0) is 50.2 Å². The average Bonchev–Trinajstić information content (AvgIpc) is 3.06. The maximum atomic E-state index is 12.5. The van der Waals surface area contributed by atoms with Crippen molar-refractivity contribution in [1.82, 2.24) is 9.78 Å². The van der Waals surface area contributed by atoms with Gasteiger partial charge in [-0.25, -0.2) is 14.3 Å². The Hall–Kier alpha value is -3.94. The number of hydrogen-bond acceptors (Lipinski definition) is 6. The fourth-order valence-electron chi connectivity index (χ4n) is 2.97. The standard InChI is InChI=1S/C22H21N3O5/c1-14-20(15(2)25(24-14)18-7-5-4-6-8-18)22(28)30-13-19(26)23-17-11-9-16(10-12-17)21(27)29-3/h4-12H,13H2,1-3H3,(H,23,26). The first-order valence-corrected chi connectivity index (χ1v) is 9.17. The fourth-order valence-corrected chi connectivity index (χ4v) is 2.97. The lowest BCUT2D eigenvalue weighted by Crippen LogP contribution is -2.21. The van der Waals surface area contributed by atoms with E-state index in [0.29, 0.717) is 28.2 Å². The summed E-state index contributed by atoms with van der Waals surface area (Å²) in [5.41, 5.74) is 3.12. The van der Waals surface area contributed by atoms with Gasteiger partial charge < -0.3 is 14.8 Å². The van der Waals surface area contributed by atoms with Crippen molar-refractivity contribution in [1.29, 1.82) is 0 Å². The van der Waals surface area contributed by atoms with Crippen LogP contribution in [0.4, 0.5) is 5.69 Å². The number of amides is 1. The number of methoxy groups -OCH3 is 1. The summed E-state index contributed by atoms with van der Waals surface area (Å²) in [5.74, 6) is -1.59. The Labute approximate surface area is 173 Å². The van der Waals surface area contributed by atoms with E-state index in [2.05, 4.69) is 15.2 Å². The Morgan fingerprint density at radius 1 is 0.967 bits per heavy atom. The molecule has 1 N–H and O–H groups in total. The molecule has 1 amide bonds. The van der Waals surface area contributed by atoms with Gasteiger partial charge >= 0.3 is 11.9 Å². The van der Waals surface area contributed by atoms with Crippen LogP contribution < -0.4 is 5.32 Å². The summed E-state index contributed by atoms with van der Waals surface area (Å²) in [4.78, 5) is 36.1. The highest BCUT2D eigenvalue weighted by molar-refractivity contribution is 5.97. The molecule has 30 heavy (non-hydrogen) atoms. The molecule has 0 spiro atoms. The summed E-state index contributed by atoms with van der Waals surface area (Å²) >= 11 is 0. The molecule has 0 bridgehead atoms. The predicted molar refractivity (Wildman–Crippen MR) is 110 cm³/mol. The molecule has 1 aromatic heterocycles. The molecule has 0 atom stereocenters. The van der Waals surface area contributed by atoms with E-state index in [4.69, 9.17) is 4.74 Å². The summed E-state index contributed by atoms with van der Waals surface area (Å²) in [6, 6.07) is 15.6. The Morgan fingerprint density at radius 2 is 1.63 bits per heavy atom. The number of anilines is 1. The first kappa shape index (κ1) is 20.8. The van der Waals surface area contributed by atoms with Gasteiger partial charge in [-0.15, -0.1) is 0 Å². The number of ether oxygens (including phenoxy) is 2. The van der Waals surface area contributed by atoms with Crippen molar-refractivity contribution in [3.8, 4) is 5.69 Å². The summed E-state index contributed by atoms with van der Waals surface area (Å²) in [5, 5.41) is 7.01. The number of carbonyl (C=O) groups is 3. The lowest BCUT2D eigenvalue weighted by atomic mass is 10.2. The number of carbonyl (C=O) groups excluding carboxylic acids is 3. The SMILES string of the molecule is COC(=O)c1ccc(NC(=O)COC(=O)c2c(C)nn(-c3ccccc3)c2C)cc1. The normalized spacial score (nSPS) is 10.4. The van der Waals surface area contributed by atoms with Crippen molar-refractivity contribution in [3.05, 3.63) is 77.1 Å². The highest BCUT2D eigenvalue weighted by atomic mass is 16.5. The lowest BCUT2D eigenvalue weighted by molar-refractivity contribution is -0.119. The summed E-state index contributed by atoms with van der Waals surface area (Å²) in [7, 11) is 1.29. The van der Waals surface area contributed by atoms with Gasteiger partial charge in [0.2, 0.25) is 0 Å². The van der Waals surface area contributed by atoms with Crippen LogP contribution in [-0.4, -0.2) is 41.3 Å². The molecular formula is C22H21N3O5. The Balaban J connectivity index is 1.62. The van der Waals surface area contributed by atoms with Gasteiger partial charge in [-0.2, -0.15) is 5.10 Å². The van der Waals surface area contributed by atoms with E-state index in [0.717, 1.165) is 5.69 Å². The predicted octanol–water partition coefficient (Wildman–Crippen LogP) is 3.07. The molecule has 1 heterocycles. The van der Waals surface area contributed by atoms with E-state index in [9.17, 15) is 14.4 Å². The van der Waals surface area contributed by atoms with Gasteiger partial charge in [0.15, 0.2) is 6.61 Å². The Bertz CT molecular complexity index is 1070. The second-order valence-corrected chi connectivity index (χ2v) is 6.49. The second-order valence-electron chi connectivity index (χ2n) is 6.49. The zero-order chi connectivity index (χ0) is 21.7. The maximum Gasteiger partial charge on any atom is 0.342 e. The van der Waals surface area contributed by atoms with Gasteiger partial charge in [-0.1, -0.05) is 18.2 Å². The van der Waals surface area contributed by atoms with Crippen LogP contribution in [-0.2, 0) is 14.3 Å². The first-order valence-electron chi connectivity index (χ1n) is 9.17. The fraction of sp³-hybridized carbons (Fsp3) is 0.182. The smallest absolute Gasteiger partial charge is 0.342 e. The molecule has 0 aliphatic carbocycles. The molecule has 3 rings (SSSR count). The van der Waals surface area contributed by atoms with Crippen molar-refractivity contribution >= 4 is 23.5 Å². The van der Waals surface area contributed by atoms with Gasteiger partial charge in [-0.3, -0.25) is 4.79 Å². The number of hydrogen-bond donors (Lipinski definition) is 1. The molecule has 8 nitrogen and oxygen atoms in total. The molecule has 3 aromatic rings. The van der Waals surface area contributed by atoms with Crippen molar-refractivity contribution in [3.63, 3.8) is 0 Å². The number of nitrogens with one attached hydrogen (secondary N) is 1. The zero-order valence-corrected chi connectivity index (χ0v) is 16.8. The highest BCUT2D eigenvalue weighted by Crippen LogP contribution is 2.19. The van der Waals surface area contributed by atoms with Gasteiger partial charge in [0.1, 0.15) is 5.56 Å². The molecule has 0 fully saturated rings. The monoisotopic (exact) mass is 407 g/mol. The van der Waals surface area contributed by atoms with Crippen molar-refractivity contribution < 1.29 is 23.9 Å². The van der Waals surface area contributed by atoms with E-state index in [1.54, 1.807) is 30.7 Å². The van der Waals surface area contributed by atoms with Gasteiger partial charge in [0.05, 0.1) is 29.7 Å². The molecule has 0 unspecified atom stereocenters. The van der Waals surface area contributed by atoms with Gasteiger partial charge in [0.25, 0.3) is 5.91 Å². The second kappa shape index (κ2) is 9.04. The quantitative estimate of drug-likeness (QED) is 0.631. The Kier molecular flexibility index (Phi) is 6.26. The molecule has 0 aliphatic heterocycles. The van der Waals surface area contributed by atoms with E-state index in [1.807, 2.05) is 30.3 Å². The molecule has 2 aromatic carbocycles. The molecule has 0 saturated carbocycles. The third-order valence-electron chi connectivity index (χ3n) is 4.42. The van der Waals surface area contributed by atoms with Crippen LogP contribution >= 0.6 is 0 Å². The van der Waals surface area contributed by atoms with Crippen LogP contribution in [0.1, 0.15) is 32.1 Å². The minimum Gasteiger partial charge on any atom is -0.465 e. The third-order valence-corrected chi connectivity index (χ3v) is 4.42. The van der Waals surface area contributed by atoms with Gasteiger partial charge in [0, 0.05) is 5.69 Å². The number of esters is 2. The van der Waals surface area contributed by atoms with E-state index < -0.39 is 24.5 Å². The summed E-state index contributed by atoms with van der Waals surface area (Å²) in [6.07, 6.45) is 0. The molecule has 0 saturated heterocycles. The first-order chi connectivity index (χ1) is 14.4. The van der Waals surface area contributed by atoms with Crippen molar-refractivity contribution in [2.75, 3.05) is 19.0 Å². The van der Waals surface area contributed by atoms with E-state index >= 15 is 0 Å². The highest BCUT2D eigenvalue weighted by Gasteiger charge is 2.21. The Morgan fingerprint density at radius 3 is 2.27 bits per heavy atom. The number of aromatic nitrogens is 2. The minimum absolute atomic E-state index is 0.328. The molecule has 8 heteroatoms. The average molecular weight is 407 g/mol. The topological polar surface area (TPSA) is 99.5 Å². The largest absolute Gasteiger partial charge is 0.465 e. The van der Waals surface area contributed by atoms with Crippen molar-refractivity contribution in [2.24, 2.45) is 0 Å². The minimum atomic E-state index is -0.622. The van der Waals surface area contributed by atoms with Crippen LogP contribution in [0.15, 0.2) is 54.6 Å². The summed E-state index contributed by atoms with van der Waals surface area (Å²) in [6.45, 7) is 3.03. The molecular weight excluding hydrogens is 386 g/mol. The van der Waals surface area contributed by atoms with Crippen LogP contribution in [0.2, 0.25) is 0 Å². The van der Waals surface area contributed by atoms with Crippen LogP contribution in [0.3, 0.4) is 0 Å². The number of nitrogens with zero attached hydrogens (tertiary/aromatic N) is 2. The lowest BCUT2D eigenvalue weighted by Gasteiger charge is -2.08. The molecule has 0 radical (unpaired) electrons. The van der Waals surface area contributed by atoms with Crippen LogP contribution in [0.25, 0.3) is 5.69 Å². The van der Waals surface area contributed by atoms with Crippen molar-refractivity contribution in [2.45, 2.75) is 13.8 Å². The third kappa shape index (κ3) is 4.54. The molecule has 154 valence electrons. The van der Waals surface area contributed by atoms with Crippen LogP contribution in [0.5, 0.6) is 0 Å². The van der Waals surface area contributed by atoms with Crippen LogP contribution in [0, 0.1) is 13.8 Å². The van der Waals surface area contributed by atoms with E-state index in [1.165, 1.54) is 19.2 Å².